The number of carboxylic acid groups (broad SMARTS) is 1. The zero-order chi connectivity index (χ0) is 14.5. The number of carbonyl (C=O) groups is 1. The van der Waals surface area contributed by atoms with Crippen molar-refractivity contribution < 1.29 is 15.0 Å². The number of likely N-dealkylation sites (tertiary alicyclic amines) is 1. The zero-order valence-corrected chi connectivity index (χ0v) is 11.9. The highest BCUT2D eigenvalue weighted by Gasteiger charge is 2.27. The van der Waals surface area contributed by atoms with Crippen LogP contribution in [0, 0.1) is 5.92 Å². The van der Waals surface area contributed by atoms with E-state index in [1.807, 2.05) is 37.3 Å². The van der Waals surface area contributed by atoms with E-state index < -0.39 is 11.9 Å². The fourth-order valence-electron chi connectivity index (χ4n) is 2.89. The van der Waals surface area contributed by atoms with E-state index in [-0.39, 0.29) is 6.10 Å². The number of hydrogen-bond donors (Lipinski definition) is 2. The minimum atomic E-state index is -0.770. The van der Waals surface area contributed by atoms with Crippen molar-refractivity contribution in [1.29, 1.82) is 0 Å². The summed E-state index contributed by atoms with van der Waals surface area (Å²) in [6.45, 7) is 4.12. The highest BCUT2D eigenvalue weighted by Crippen LogP contribution is 2.24. The molecule has 1 saturated heterocycles. The fraction of sp³-hybridized carbons (Fsp3) is 0.562. The predicted octanol–water partition coefficient (Wildman–Crippen LogP) is 1.95. The Kier molecular flexibility index (Phi) is 5.15. The summed E-state index contributed by atoms with van der Waals surface area (Å²) in [6, 6.07) is 9.41. The maximum atomic E-state index is 11.5. The Morgan fingerprint density at radius 1 is 1.30 bits per heavy atom. The van der Waals surface area contributed by atoms with E-state index in [9.17, 15) is 15.0 Å². The highest BCUT2D eigenvalue weighted by atomic mass is 16.4. The van der Waals surface area contributed by atoms with Crippen LogP contribution in [0.3, 0.4) is 0 Å². The summed E-state index contributed by atoms with van der Waals surface area (Å²) < 4.78 is 0. The molecule has 110 valence electrons. The van der Waals surface area contributed by atoms with Gasteiger partial charge in [-0.1, -0.05) is 30.3 Å². The Bertz CT molecular complexity index is 425. The molecular formula is C16H23NO3. The molecule has 1 fully saturated rings. The maximum absolute atomic E-state index is 11.5. The number of aliphatic hydroxyl groups excluding tert-OH is 1. The molecule has 1 aliphatic rings. The number of aliphatic hydroxyl groups is 1. The predicted molar refractivity (Wildman–Crippen MR) is 77.7 cm³/mol. The van der Waals surface area contributed by atoms with Crippen LogP contribution in [-0.2, 0) is 4.79 Å². The van der Waals surface area contributed by atoms with Gasteiger partial charge in [0, 0.05) is 6.54 Å². The molecule has 0 amide bonds. The van der Waals surface area contributed by atoms with Gasteiger partial charge in [-0.05, 0) is 44.3 Å². The van der Waals surface area contributed by atoms with Crippen LogP contribution in [0.25, 0.3) is 0 Å². The highest BCUT2D eigenvalue weighted by molar-refractivity contribution is 5.76. The molecule has 2 atom stereocenters. The monoisotopic (exact) mass is 277 g/mol. The van der Waals surface area contributed by atoms with E-state index in [4.69, 9.17) is 0 Å². The lowest BCUT2D eigenvalue weighted by atomic mass is 9.91. The molecule has 4 heteroatoms. The van der Waals surface area contributed by atoms with Crippen molar-refractivity contribution in [3.63, 3.8) is 0 Å². The van der Waals surface area contributed by atoms with Crippen LogP contribution in [0.2, 0.25) is 0 Å². The normalized spacial score (nSPS) is 20.5. The summed E-state index contributed by atoms with van der Waals surface area (Å²) in [5, 5.41) is 19.0. The first-order valence-electron chi connectivity index (χ1n) is 7.26. The minimum absolute atomic E-state index is 0.262. The van der Waals surface area contributed by atoms with E-state index in [1.54, 1.807) is 0 Å². The Morgan fingerprint density at radius 2 is 1.90 bits per heavy atom. The smallest absolute Gasteiger partial charge is 0.312 e. The lowest BCUT2D eigenvalue weighted by molar-refractivity contribution is -0.139. The summed E-state index contributed by atoms with van der Waals surface area (Å²) in [7, 11) is 0. The molecule has 2 N–H and O–H groups in total. The summed E-state index contributed by atoms with van der Waals surface area (Å²) in [6.07, 6.45) is 1.62. The Balaban J connectivity index is 1.95. The van der Waals surface area contributed by atoms with Gasteiger partial charge in [0.1, 0.15) is 0 Å². The van der Waals surface area contributed by atoms with Gasteiger partial charge in [-0.2, -0.15) is 0 Å². The van der Waals surface area contributed by atoms with Gasteiger partial charge in [0.15, 0.2) is 0 Å². The van der Waals surface area contributed by atoms with Crippen molar-refractivity contribution in [3.8, 4) is 0 Å². The zero-order valence-electron chi connectivity index (χ0n) is 11.9. The number of benzene rings is 1. The molecule has 4 nitrogen and oxygen atoms in total. The van der Waals surface area contributed by atoms with Gasteiger partial charge in [0.05, 0.1) is 12.0 Å². The maximum Gasteiger partial charge on any atom is 0.312 e. The molecule has 1 heterocycles. The summed E-state index contributed by atoms with van der Waals surface area (Å²) in [5.41, 5.74) is 0.859. The molecule has 2 unspecified atom stereocenters. The van der Waals surface area contributed by atoms with Crippen LogP contribution in [0.5, 0.6) is 0 Å². The van der Waals surface area contributed by atoms with Crippen LogP contribution < -0.4 is 0 Å². The topological polar surface area (TPSA) is 60.8 Å². The van der Waals surface area contributed by atoms with Gasteiger partial charge < -0.3 is 15.1 Å². The average Bonchev–Trinajstić information content (AvgIpc) is 2.46. The first-order chi connectivity index (χ1) is 9.58. The van der Waals surface area contributed by atoms with Crippen LogP contribution in [0.1, 0.15) is 31.2 Å². The lowest BCUT2D eigenvalue weighted by Gasteiger charge is -2.34. The van der Waals surface area contributed by atoms with E-state index in [1.165, 1.54) is 0 Å². The number of hydrogen-bond acceptors (Lipinski definition) is 3. The number of rotatable bonds is 5. The number of carboxylic acids is 1. The molecule has 0 bridgehead atoms. The Hall–Kier alpha value is -1.39. The third-order valence-electron chi connectivity index (χ3n) is 4.26. The number of aliphatic carboxylic acids is 1. The van der Waals surface area contributed by atoms with Gasteiger partial charge in [-0.25, -0.2) is 0 Å². The number of piperidine rings is 1. The largest absolute Gasteiger partial charge is 0.481 e. The number of nitrogens with zero attached hydrogens (tertiary/aromatic N) is 1. The lowest BCUT2D eigenvalue weighted by Crippen LogP contribution is -2.40. The van der Waals surface area contributed by atoms with Crippen molar-refractivity contribution in [2.75, 3.05) is 19.6 Å². The SMILES string of the molecule is CC(O)C1CCN(CC(C(=O)O)c2ccccc2)CC1. The van der Waals surface area contributed by atoms with Gasteiger partial charge in [0.25, 0.3) is 0 Å². The molecule has 0 aliphatic carbocycles. The Morgan fingerprint density at radius 3 is 2.40 bits per heavy atom. The molecule has 0 spiro atoms. The average molecular weight is 277 g/mol. The molecule has 1 aliphatic heterocycles. The van der Waals surface area contributed by atoms with Crippen molar-refractivity contribution in [2.24, 2.45) is 5.92 Å². The Labute approximate surface area is 120 Å². The second kappa shape index (κ2) is 6.86. The van der Waals surface area contributed by atoms with Gasteiger partial charge in [-0.15, -0.1) is 0 Å². The second-order valence-electron chi connectivity index (χ2n) is 5.68. The van der Waals surface area contributed by atoms with Crippen LogP contribution in [0.4, 0.5) is 0 Å². The summed E-state index contributed by atoms with van der Waals surface area (Å²) in [4.78, 5) is 13.7. The quantitative estimate of drug-likeness (QED) is 0.863. The van der Waals surface area contributed by atoms with Crippen LogP contribution in [0.15, 0.2) is 30.3 Å². The van der Waals surface area contributed by atoms with Crippen molar-refractivity contribution >= 4 is 5.97 Å². The third-order valence-corrected chi connectivity index (χ3v) is 4.26. The van der Waals surface area contributed by atoms with E-state index >= 15 is 0 Å². The first kappa shape index (κ1) is 15.0. The fourth-order valence-corrected chi connectivity index (χ4v) is 2.89. The summed E-state index contributed by atoms with van der Waals surface area (Å²) >= 11 is 0. The minimum Gasteiger partial charge on any atom is -0.481 e. The standard InChI is InChI=1S/C16H23NO3/c1-12(18)13-7-9-17(10-8-13)11-15(16(19)20)14-5-3-2-4-6-14/h2-6,12-13,15,18H,7-11H2,1H3,(H,19,20). The van der Waals surface area contributed by atoms with E-state index in [2.05, 4.69) is 4.90 Å². The second-order valence-corrected chi connectivity index (χ2v) is 5.68. The molecule has 2 rings (SSSR count). The van der Waals surface area contributed by atoms with E-state index in [0.717, 1.165) is 31.5 Å². The summed E-state index contributed by atoms with van der Waals surface area (Å²) in [5.74, 6) is -0.889. The van der Waals surface area contributed by atoms with E-state index in [0.29, 0.717) is 12.5 Å². The molecule has 0 saturated carbocycles. The third kappa shape index (κ3) is 3.81. The molecule has 1 aromatic carbocycles. The first-order valence-corrected chi connectivity index (χ1v) is 7.26. The van der Waals surface area contributed by atoms with Gasteiger partial charge in [0.2, 0.25) is 0 Å². The molecular weight excluding hydrogens is 254 g/mol. The van der Waals surface area contributed by atoms with Crippen LogP contribution in [-0.4, -0.2) is 46.8 Å². The molecule has 0 radical (unpaired) electrons. The van der Waals surface area contributed by atoms with Gasteiger partial charge in [-0.3, -0.25) is 4.79 Å². The van der Waals surface area contributed by atoms with Crippen molar-refractivity contribution in [2.45, 2.75) is 31.8 Å². The molecule has 20 heavy (non-hydrogen) atoms. The van der Waals surface area contributed by atoms with Crippen molar-refractivity contribution in [3.05, 3.63) is 35.9 Å². The molecule has 1 aromatic rings. The van der Waals surface area contributed by atoms with Crippen molar-refractivity contribution in [1.82, 2.24) is 4.90 Å². The van der Waals surface area contributed by atoms with Gasteiger partial charge >= 0.3 is 5.97 Å². The molecule has 0 aromatic heterocycles. The van der Waals surface area contributed by atoms with Crippen LogP contribution >= 0.6 is 0 Å².